The fraction of sp³-hybridized carbons (Fsp3) is 0.600. The van der Waals surface area contributed by atoms with Crippen LogP contribution in [0, 0.1) is 0 Å². The van der Waals surface area contributed by atoms with Gasteiger partial charge in [0, 0.05) is 23.1 Å². The van der Waals surface area contributed by atoms with Gasteiger partial charge >= 0.3 is 0 Å². The van der Waals surface area contributed by atoms with E-state index in [1.165, 1.54) is 25.7 Å². The molecule has 0 spiro atoms. The topological polar surface area (TPSA) is 15.3 Å². The van der Waals surface area contributed by atoms with Crippen LogP contribution in [0.3, 0.4) is 0 Å². The van der Waals surface area contributed by atoms with E-state index >= 15 is 0 Å². The Bertz CT molecular complexity index is 449. The Morgan fingerprint density at radius 3 is 2.47 bits per heavy atom. The number of nitrogens with zero attached hydrogens (tertiary/aromatic N) is 1. The fourth-order valence-electron chi connectivity index (χ4n) is 3.72. The van der Waals surface area contributed by atoms with Crippen LogP contribution >= 0.6 is 23.2 Å². The highest BCUT2D eigenvalue weighted by Gasteiger charge is 2.41. The average Bonchev–Trinajstić information content (AvgIpc) is 2.63. The van der Waals surface area contributed by atoms with Crippen molar-refractivity contribution in [3.8, 4) is 0 Å². The van der Waals surface area contributed by atoms with Crippen LogP contribution in [0.25, 0.3) is 0 Å². The number of halogens is 2. The van der Waals surface area contributed by atoms with E-state index in [1.807, 2.05) is 12.1 Å². The largest absolute Gasteiger partial charge is 0.364 e. The second-order valence-electron chi connectivity index (χ2n) is 5.61. The Kier molecular flexibility index (Phi) is 3.93. The zero-order valence-electron chi connectivity index (χ0n) is 11.2. The smallest absolute Gasteiger partial charge is 0.0654 e. The Morgan fingerprint density at radius 2 is 1.89 bits per heavy atom. The summed E-state index contributed by atoms with van der Waals surface area (Å²) in [4.78, 5) is 2.53. The van der Waals surface area contributed by atoms with Gasteiger partial charge in [-0.2, -0.15) is 0 Å². The van der Waals surface area contributed by atoms with Gasteiger partial charge < -0.3 is 10.2 Å². The minimum Gasteiger partial charge on any atom is -0.364 e. The van der Waals surface area contributed by atoms with Gasteiger partial charge in [-0.25, -0.2) is 0 Å². The molecule has 0 amide bonds. The summed E-state index contributed by atoms with van der Waals surface area (Å²) in [5.41, 5.74) is 1.16. The van der Waals surface area contributed by atoms with Crippen molar-refractivity contribution < 1.29 is 0 Å². The monoisotopic (exact) mass is 298 g/mol. The first-order valence-electron chi connectivity index (χ1n) is 7.15. The number of hydrogen-bond donors (Lipinski definition) is 1. The van der Waals surface area contributed by atoms with E-state index in [4.69, 9.17) is 23.2 Å². The van der Waals surface area contributed by atoms with Crippen LogP contribution in [0.4, 0.5) is 5.69 Å². The lowest BCUT2D eigenvalue weighted by molar-refractivity contribution is 0.361. The number of hydrogen-bond acceptors (Lipinski definition) is 2. The molecule has 2 fully saturated rings. The number of anilines is 1. The van der Waals surface area contributed by atoms with Crippen molar-refractivity contribution in [2.24, 2.45) is 0 Å². The van der Waals surface area contributed by atoms with Crippen LogP contribution in [0.15, 0.2) is 18.2 Å². The zero-order valence-corrected chi connectivity index (χ0v) is 12.7. The van der Waals surface area contributed by atoms with Crippen molar-refractivity contribution in [3.05, 3.63) is 28.2 Å². The third kappa shape index (κ3) is 2.58. The Morgan fingerprint density at radius 1 is 1.21 bits per heavy atom. The SMILES string of the molecule is CCNC1CC2CCC(C1)N2c1ccc(Cl)cc1Cl. The van der Waals surface area contributed by atoms with E-state index in [0.717, 1.165) is 17.3 Å². The zero-order chi connectivity index (χ0) is 13.4. The first-order valence-corrected chi connectivity index (χ1v) is 7.91. The molecule has 19 heavy (non-hydrogen) atoms. The van der Waals surface area contributed by atoms with Crippen molar-refractivity contribution in [1.82, 2.24) is 5.32 Å². The predicted octanol–water partition coefficient (Wildman–Crippen LogP) is 4.10. The molecule has 4 heteroatoms. The summed E-state index contributed by atoms with van der Waals surface area (Å²) in [6.45, 7) is 3.25. The number of piperidine rings is 1. The molecule has 2 saturated heterocycles. The molecule has 0 radical (unpaired) electrons. The van der Waals surface area contributed by atoms with Crippen molar-refractivity contribution in [1.29, 1.82) is 0 Å². The maximum Gasteiger partial charge on any atom is 0.0654 e. The van der Waals surface area contributed by atoms with E-state index in [0.29, 0.717) is 23.1 Å². The van der Waals surface area contributed by atoms with E-state index < -0.39 is 0 Å². The van der Waals surface area contributed by atoms with Gasteiger partial charge in [-0.05, 0) is 50.4 Å². The molecule has 1 N–H and O–H groups in total. The lowest BCUT2D eigenvalue weighted by atomic mass is 9.96. The lowest BCUT2D eigenvalue weighted by Gasteiger charge is -2.41. The summed E-state index contributed by atoms with van der Waals surface area (Å²) < 4.78 is 0. The van der Waals surface area contributed by atoms with Crippen molar-refractivity contribution >= 4 is 28.9 Å². The molecule has 0 aliphatic carbocycles. The highest BCUT2D eigenvalue weighted by Crippen LogP contribution is 2.42. The van der Waals surface area contributed by atoms with Crippen LogP contribution in [0.1, 0.15) is 32.6 Å². The second kappa shape index (κ2) is 5.51. The first-order chi connectivity index (χ1) is 9.19. The van der Waals surface area contributed by atoms with E-state index in [2.05, 4.69) is 23.2 Å². The van der Waals surface area contributed by atoms with Gasteiger partial charge in [-0.3, -0.25) is 0 Å². The Hall–Kier alpha value is -0.440. The maximum absolute atomic E-state index is 6.38. The first kappa shape index (κ1) is 13.5. The molecular formula is C15H20Cl2N2. The molecular weight excluding hydrogens is 279 g/mol. The molecule has 2 aliphatic rings. The Balaban J connectivity index is 1.83. The minimum absolute atomic E-state index is 0.626. The van der Waals surface area contributed by atoms with Gasteiger partial charge in [-0.15, -0.1) is 0 Å². The molecule has 3 rings (SSSR count). The quantitative estimate of drug-likeness (QED) is 0.904. The Labute approximate surface area is 125 Å². The minimum atomic E-state index is 0.626. The molecule has 1 aromatic carbocycles. The van der Waals surface area contributed by atoms with Crippen LogP contribution in [0.5, 0.6) is 0 Å². The van der Waals surface area contributed by atoms with Gasteiger partial charge in [0.1, 0.15) is 0 Å². The van der Waals surface area contributed by atoms with Crippen molar-refractivity contribution in [2.75, 3.05) is 11.4 Å². The highest BCUT2D eigenvalue weighted by atomic mass is 35.5. The standard InChI is InChI=1S/C15H20Cl2N2/c1-2-18-11-8-12-4-5-13(9-11)19(12)15-6-3-10(16)7-14(15)17/h3,6-7,11-13,18H,2,4-5,8-9H2,1H3. The molecule has 0 saturated carbocycles. The molecule has 104 valence electrons. The number of benzene rings is 1. The van der Waals surface area contributed by atoms with Crippen LogP contribution < -0.4 is 10.2 Å². The maximum atomic E-state index is 6.38. The molecule has 2 heterocycles. The van der Waals surface area contributed by atoms with Gasteiger partial charge in [-0.1, -0.05) is 30.1 Å². The molecule has 2 unspecified atom stereocenters. The fourth-order valence-corrected chi connectivity index (χ4v) is 4.22. The van der Waals surface area contributed by atoms with Crippen molar-refractivity contribution in [3.63, 3.8) is 0 Å². The number of nitrogens with one attached hydrogen (secondary N) is 1. The summed E-state index contributed by atoms with van der Waals surface area (Å²) >= 11 is 12.4. The normalized spacial score (nSPS) is 29.8. The molecule has 2 atom stereocenters. The third-order valence-corrected chi connectivity index (χ3v) is 4.95. The number of fused-ring (bicyclic) bond motifs is 2. The molecule has 2 nitrogen and oxygen atoms in total. The van der Waals surface area contributed by atoms with Crippen LogP contribution in [-0.2, 0) is 0 Å². The van der Waals surface area contributed by atoms with Gasteiger partial charge in [0.25, 0.3) is 0 Å². The van der Waals surface area contributed by atoms with Crippen LogP contribution in [-0.4, -0.2) is 24.7 Å². The summed E-state index contributed by atoms with van der Waals surface area (Å²) in [7, 11) is 0. The van der Waals surface area contributed by atoms with Crippen molar-refractivity contribution in [2.45, 2.75) is 50.7 Å². The summed E-state index contributed by atoms with van der Waals surface area (Å²) in [5, 5.41) is 5.10. The number of rotatable bonds is 3. The third-order valence-electron chi connectivity index (χ3n) is 4.41. The predicted molar refractivity (Wildman–Crippen MR) is 82.4 cm³/mol. The molecule has 2 aliphatic heterocycles. The molecule has 1 aromatic rings. The second-order valence-corrected chi connectivity index (χ2v) is 6.46. The summed E-state index contributed by atoms with van der Waals surface area (Å²) in [5.74, 6) is 0. The summed E-state index contributed by atoms with van der Waals surface area (Å²) in [6.07, 6.45) is 5.02. The molecule has 2 bridgehead atoms. The van der Waals surface area contributed by atoms with Gasteiger partial charge in [0.05, 0.1) is 10.7 Å². The van der Waals surface area contributed by atoms with Crippen LogP contribution in [0.2, 0.25) is 10.0 Å². The average molecular weight is 299 g/mol. The van der Waals surface area contributed by atoms with E-state index in [1.54, 1.807) is 0 Å². The van der Waals surface area contributed by atoms with E-state index in [-0.39, 0.29) is 0 Å². The van der Waals surface area contributed by atoms with Gasteiger partial charge in [0.15, 0.2) is 0 Å². The lowest BCUT2D eigenvalue weighted by Crippen LogP contribution is -2.49. The van der Waals surface area contributed by atoms with Gasteiger partial charge in [0.2, 0.25) is 0 Å². The van der Waals surface area contributed by atoms with E-state index in [9.17, 15) is 0 Å². The molecule has 0 aromatic heterocycles. The summed E-state index contributed by atoms with van der Waals surface area (Å²) in [6, 6.07) is 7.80. The highest BCUT2D eigenvalue weighted by molar-refractivity contribution is 6.36.